The number of rotatable bonds is 5. The molecule has 0 fully saturated rings. The SMILES string of the molecule is Cc1cccc(-c2n[nH]c(=S)n2CC(=O)NC(C)c2oc3ccccc3c2C)c1. The Balaban J connectivity index is 1.55. The summed E-state index contributed by atoms with van der Waals surface area (Å²) in [6, 6.07) is 15.5. The van der Waals surface area contributed by atoms with Crippen LogP contribution in [0.15, 0.2) is 52.9 Å². The maximum Gasteiger partial charge on any atom is 0.240 e. The van der Waals surface area contributed by atoms with Crippen molar-refractivity contribution in [3.8, 4) is 11.4 Å². The number of hydrogen-bond acceptors (Lipinski definition) is 4. The number of furan rings is 1. The molecule has 2 aromatic carbocycles. The molecule has 0 spiro atoms. The van der Waals surface area contributed by atoms with Gasteiger partial charge in [0, 0.05) is 16.5 Å². The number of benzene rings is 2. The quantitative estimate of drug-likeness (QED) is 0.465. The molecule has 0 aliphatic heterocycles. The smallest absolute Gasteiger partial charge is 0.240 e. The van der Waals surface area contributed by atoms with Gasteiger partial charge in [0.2, 0.25) is 5.91 Å². The van der Waals surface area contributed by atoms with Gasteiger partial charge in [0.15, 0.2) is 10.6 Å². The van der Waals surface area contributed by atoms with Gasteiger partial charge in [0.1, 0.15) is 17.9 Å². The van der Waals surface area contributed by atoms with E-state index in [2.05, 4.69) is 15.5 Å². The maximum absolute atomic E-state index is 12.8. The molecule has 0 bridgehead atoms. The van der Waals surface area contributed by atoms with Crippen LogP contribution in [0.2, 0.25) is 0 Å². The standard InChI is InChI=1S/C22H22N4O2S/c1-13-7-6-8-16(11-13)21-24-25-22(29)26(21)12-19(27)23-15(3)20-14(2)17-9-4-5-10-18(17)28-20/h4-11,15H,12H2,1-3H3,(H,23,27)(H,25,29). The van der Waals surface area contributed by atoms with E-state index < -0.39 is 0 Å². The first-order valence-corrected chi connectivity index (χ1v) is 9.84. The minimum Gasteiger partial charge on any atom is -0.459 e. The normalized spacial score (nSPS) is 12.2. The van der Waals surface area contributed by atoms with Gasteiger partial charge >= 0.3 is 0 Å². The molecule has 6 nitrogen and oxygen atoms in total. The highest BCUT2D eigenvalue weighted by molar-refractivity contribution is 7.71. The molecule has 1 amide bonds. The van der Waals surface area contributed by atoms with E-state index in [1.807, 2.05) is 69.3 Å². The van der Waals surface area contributed by atoms with Crippen LogP contribution in [0.4, 0.5) is 0 Å². The van der Waals surface area contributed by atoms with Crippen molar-refractivity contribution in [1.82, 2.24) is 20.1 Å². The average molecular weight is 407 g/mol. The van der Waals surface area contributed by atoms with Crippen LogP contribution in [-0.4, -0.2) is 20.7 Å². The summed E-state index contributed by atoms with van der Waals surface area (Å²) < 4.78 is 8.08. The van der Waals surface area contributed by atoms with Crippen molar-refractivity contribution in [3.63, 3.8) is 0 Å². The molecule has 7 heteroatoms. The molecule has 0 saturated heterocycles. The molecule has 0 radical (unpaired) electrons. The van der Waals surface area contributed by atoms with Crippen LogP contribution < -0.4 is 5.32 Å². The predicted octanol–water partition coefficient (Wildman–Crippen LogP) is 4.85. The molecule has 4 rings (SSSR count). The molecule has 2 N–H and O–H groups in total. The van der Waals surface area contributed by atoms with Gasteiger partial charge < -0.3 is 9.73 Å². The lowest BCUT2D eigenvalue weighted by Crippen LogP contribution is -2.30. The van der Waals surface area contributed by atoms with E-state index in [9.17, 15) is 4.79 Å². The van der Waals surface area contributed by atoms with Crippen molar-refractivity contribution in [2.24, 2.45) is 0 Å². The molecule has 29 heavy (non-hydrogen) atoms. The highest BCUT2D eigenvalue weighted by Gasteiger charge is 2.19. The first-order valence-electron chi connectivity index (χ1n) is 9.43. The van der Waals surface area contributed by atoms with Gasteiger partial charge in [0.05, 0.1) is 6.04 Å². The van der Waals surface area contributed by atoms with Crippen LogP contribution in [0.25, 0.3) is 22.4 Å². The summed E-state index contributed by atoms with van der Waals surface area (Å²) in [5, 5.41) is 11.2. The summed E-state index contributed by atoms with van der Waals surface area (Å²) in [5.41, 5.74) is 3.88. The molecule has 2 aromatic heterocycles. The summed E-state index contributed by atoms with van der Waals surface area (Å²) in [4.78, 5) is 12.8. The Hall–Kier alpha value is -3.19. The monoisotopic (exact) mass is 406 g/mol. The Labute approximate surface area is 173 Å². The number of nitrogens with zero attached hydrogens (tertiary/aromatic N) is 2. The molecule has 2 heterocycles. The summed E-state index contributed by atoms with van der Waals surface area (Å²) >= 11 is 5.34. The van der Waals surface area contributed by atoms with Crippen molar-refractivity contribution in [2.45, 2.75) is 33.4 Å². The number of para-hydroxylation sites is 1. The first kappa shape index (κ1) is 19.1. The first-order chi connectivity index (χ1) is 13.9. The van der Waals surface area contributed by atoms with Gasteiger partial charge in [0.25, 0.3) is 0 Å². The van der Waals surface area contributed by atoms with Gasteiger partial charge in [-0.1, -0.05) is 42.0 Å². The van der Waals surface area contributed by atoms with Crippen molar-refractivity contribution >= 4 is 29.1 Å². The van der Waals surface area contributed by atoms with Gasteiger partial charge in [-0.15, -0.1) is 0 Å². The Kier molecular flexibility index (Phi) is 5.07. The zero-order valence-corrected chi connectivity index (χ0v) is 17.3. The van der Waals surface area contributed by atoms with Crippen LogP contribution in [-0.2, 0) is 11.3 Å². The zero-order valence-electron chi connectivity index (χ0n) is 16.5. The van der Waals surface area contributed by atoms with E-state index in [1.54, 1.807) is 4.57 Å². The summed E-state index contributed by atoms with van der Waals surface area (Å²) in [6.07, 6.45) is 0. The molecule has 1 unspecified atom stereocenters. The summed E-state index contributed by atoms with van der Waals surface area (Å²) in [6.45, 7) is 6.01. The number of fused-ring (bicyclic) bond motifs is 1. The van der Waals surface area contributed by atoms with Crippen LogP contribution in [0.3, 0.4) is 0 Å². The number of H-pyrrole nitrogens is 1. The Bertz CT molecular complexity index is 1250. The number of hydrogen-bond donors (Lipinski definition) is 2. The van der Waals surface area contributed by atoms with Gasteiger partial charge in [-0.2, -0.15) is 5.10 Å². The average Bonchev–Trinajstić information content (AvgIpc) is 3.22. The van der Waals surface area contributed by atoms with Crippen molar-refractivity contribution in [1.29, 1.82) is 0 Å². The van der Waals surface area contributed by atoms with E-state index in [1.165, 1.54) is 0 Å². The van der Waals surface area contributed by atoms with E-state index in [4.69, 9.17) is 16.6 Å². The maximum atomic E-state index is 12.8. The molecule has 0 aliphatic rings. The van der Waals surface area contributed by atoms with Gasteiger partial charge in [-0.05, 0) is 45.1 Å². The van der Waals surface area contributed by atoms with Crippen molar-refractivity contribution in [3.05, 3.63) is 70.2 Å². The summed E-state index contributed by atoms with van der Waals surface area (Å²) in [7, 11) is 0. The molecule has 148 valence electrons. The fourth-order valence-corrected chi connectivity index (χ4v) is 3.77. The fraction of sp³-hybridized carbons (Fsp3) is 0.227. The molecular formula is C22H22N4O2S. The van der Waals surface area contributed by atoms with Crippen LogP contribution in [0.5, 0.6) is 0 Å². The number of aryl methyl sites for hydroxylation is 2. The Morgan fingerprint density at radius 2 is 2.03 bits per heavy atom. The predicted molar refractivity (Wildman–Crippen MR) is 115 cm³/mol. The molecule has 1 atom stereocenters. The lowest BCUT2D eigenvalue weighted by molar-refractivity contribution is -0.122. The third kappa shape index (κ3) is 3.73. The second kappa shape index (κ2) is 7.67. The number of amides is 1. The van der Waals surface area contributed by atoms with E-state index in [0.717, 1.165) is 33.4 Å². The third-order valence-electron chi connectivity index (χ3n) is 4.99. The number of aromatic nitrogens is 3. The number of carbonyl (C=O) groups is 1. The molecule has 4 aromatic rings. The van der Waals surface area contributed by atoms with E-state index in [0.29, 0.717) is 10.6 Å². The van der Waals surface area contributed by atoms with Crippen molar-refractivity contribution < 1.29 is 9.21 Å². The zero-order chi connectivity index (χ0) is 20.5. The molecular weight excluding hydrogens is 384 g/mol. The van der Waals surface area contributed by atoms with E-state index >= 15 is 0 Å². The van der Waals surface area contributed by atoms with Gasteiger partial charge in [-0.25, -0.2) is 0 Å². The Morgan fingerprint density at radius 1 is 1.24 bits per heavy atom. The minimum atomic E-state index is -0.265. The second-order valence-corrected chi connectivity index (χ2v) is 7.57. The number of nitrogens with one attached hydrogen (secondary N) is 2. The number of carbonyl (C=O) groups excluding carboxylic acids is 1. The molecule has 0 saturated carbocycles. The van der Waals surface area contributed by atoms with E-state index in [-0.39, 0.29) is 18.5 Å². The fourth-order valence-electron chi connectivity index (χ4n) is 3.57. The second-order valence-electron chi connectivity index (χ2n) is 7.18. The largest absolute Gasteiger partial charge is 0.459 e. The summed E-state index contributed by atoms with van der Waals surface area (Å²) in [5.74, 6) is 1.24. The number of aromatic amines is 1. The topological polar surface area (TPSA) is 75.8 Å². The highest BCUT2D eigenvalue weighted by atomic mass is 32.1. The van der Waals surface area contributed by atoms with Crippen LogP contribution in [0, 0.1) is 18.6 Å². The third-order valence-corrected chi connectivity index (χ3v) is 5.30. The van der Waals surface area contributed by atoms with Crippen LogP contribution in [0.1, 0.15) is 29.9 Å². The minimum absolute atomic E-state index is 0.0717. The van der Waals surface area contributed by atoms with Gasteiger partial charge in [-0.3, -0.25) is 14.5 Å². The lowest BCUT2D eigenvalue weighted by Gasteiger charge is -2.14. The lowest BCUT2D eigenvalue weighted by atomic mass is 10.1. The Morgan fingerprint density at radius 3 is 2.79 bits per heavy atom. The molecule has 0 aliphatic carbocycles. The highest BCUT2D eigenvalue weighted by Crippen LogP contribution is 2.29. The van der Waals surface area contributed by atoms with Crippen LogP contribution >= 0.6 is 12.2 Å². The van der Waals surface area contributed by atoms with Crippen molar-refractivity contribution in [2.75, 3.05) is 0 Å².